The first kappa shape index (κ1) is 12.8. The van der Waals surface area contributed by atoms with Crippen LogP contribution < -0.4 is 0 Å². The van der Waals surface area contributed by atoms with Gasteiger partial charge < -0.3 is 9.84 Å². The highest BCUT2D eigenvalue weighted by Crippen LogP contribution is 2.45. The lowest BCUT2D eigenvalue weighted by atomic mass is 10.1. The van der Waals surface area contributed by atoms with Crippen molar-refractivity contribution >= 4 is 6.16 Å². The molecule has 0 unspecified atom stereocenters. The molecule has 0 aliphatic carbocycles. The van der Waals surface area contributed by atoms with Crippen LogP contribution in [0.25, 0.3) is 0 Å². The van der Waals surface area contributed by atoms with E-state index >= 15 is 0 Å². The predicted molar refractivity (Wildman–Crippen MR) is 29.6 cm³/mol. The van der Waals surface area contributed by atoms with Crippen molar-refractivity contribution in [2.45, 2.75) is 24.9 Å². The van der Waals surface area contributed by atoms with Gasteiger partial charge in [0.25, 0.3) is 0 Å². The van der Waals surface area contributed by atoms with Crippen molar-refractivity contribution in [3.63, 3.8) is 0 Å². The maximum atomic E-state index is 11.9. The number of hydrogen-bond acceptors (Lipinski definition) is 2. The molecule has 14 heavy (non-hydrogen) atoms. The molecule has 0 aromatic carbocycles. The molecule has 0 spiro atoms. The van der Waals surface area contributed by atoms with Crippen LogP contribution in [0.15, 0.2) is 0 Å². The number of carbonyl (C=O) groups is 1. The predicted octanol–water partition coefficient (Wildman–Crippen LogP) is 2.56. The zero-order chi connectivity index (χ0) is 11.8. The molecule has 9 heteroatoms. The normalized spacial score (nSPS) is 13.9. The molecule has 0 heterocycles. The van der Waals surface area contributed by atoms with Crippen molar-refractivity contribution in [3.8, 4) is 0 Å². The fraction of sp³-hybridized carbons (Fsp3) is 0.800. The lowest BCUT2D eigenvalue weighted by Crippen LogP contribution is -2.57. The van der Waals surface area contributed by atoms with Gasteiger partial charge in [0, 0.05) is 0 Å². The molecule has 0 saturated carbocycles. The Kier molecular flexibility index (Phi) is 2.95. The van der Waals surface area contributed by atoms with Crippen molar-refractivity contribution < 1.29 is 41.0 Å². The molecule has 0 atom stereocenters. The third kappa shape index (κ3) is 2.20. The molecular weight excluding hydrogens is 222 g/mol. The van der Waals surface area contributed by atoms with Gasteiger partial charge in [-0.1, -0.05) is 0 Å². The molecule has 0 rings (SSSR count). The van der Waals surface area contributed by atoms with Gasteiger partial charge in [-0.2, -0.15) is 26.3 Å². The molecule has 3 nitrogen and oxygen atoms in total. The zero-order valence-corrected chi connectivity index (χ0v) is 6.53. The first-order valence-electron chi connectivity index (χ1n) is 2.97. The average Bonchev–Trinajstić information content (AvgIpc) is 1.79. The molecule has 0 saturated heterocycles. The van der Waals surface area contributed by atoms with Crippen LogP contribution in [0.5, 0.6) is 0 Å². The molecule has 0 aromatic heterocycles. The molecule has 0 aliphatic rings. The number of rotatable bonds is 1. The molecule has 0 fully saturated rings. The zero-order valence-electron chi connectivity index (χ0n) is 6.53. The number of carboxylic acid groups (broad SMARTS) is 1. The molecule has 84 valence electrons. The Balaban J connectivity index is 5.18. The summed E-state index contributed by atoms with van der Waals surface area (Å²) in [6.45, 7) is -0.402. The fourth-order valence-corrected chi connectivity index (χ4v) is 0.451. The largest absolute Gasteiger partial charge is 0.506 e. The summed E-state index contributed by atoms with van der Waals surface area (Å²) in [5, 5.41) is 7.75. The van der Waals surface area contributed by atoms with Crippen molar-refractivity contribution in [2.24, 2.45) is 0 Å². The van der Waals surface area contributed by atoms with E-state index in [4.69, 9.17) is 5.11 Å². The van der Waals surface area contributed by atoms with E-state index in [0.29, 0.717) is 0 Å². The summed E-state index contributed by atoms with van der Waals surface area (Å²) >= 11 is 0. The van der Waals surface area contributed by atoms with Crippen molar-refractivity contribution in [3.05, 3.63) is 0 Å². The van der Waals surface area contributed by atoms with E-state index in [1.54, 1.807) is 0 Å². The quantitative estimate of drug-likeness (QED) is 0.552. The van der Waals surface area contributed by atoms with E-state index in [1.165, 1.54) is 0 Å². The second-order valence-corrected chi connectivity index (χ2v) is 2.40. The van der Waals surface area contributed by atoms with E-state index in [9.17, 15) is 31.1 Å². The van der Waals surface area contributed by atoms with Crippen LogP contribution in [0.3, 0.4) is 0 Å². The van der Waals surface area contributed by atoms with Crippen LogP contribution in [0.1, 0.15) is 6.92 Å². The highest BCUT2D eigenvalue weighted by Gasteiger charge is 2.71. The summed E-state index contributed by atoms with van der Waals surface area (Å²) in [6.07, 6.45) is -14.4. The number of halogens is 6. The highest BCUT2D eigenvalue weighted by atomic mass is 19.4. The number of ether oxygens (including phenoxy) is 1. The van der Waals surface area contributed by atoms with Crippen molar-refractivity contribution in [1.29, 1.82) is 0 Å². The SMILES string of the molecule is CC(OC(=O)O)(C(F)(F)F)C(F)(F)F. The summed E-state index contributed by atoms with van der Waals surface area (Å²) in [6, 6.07) is 0. The summed E-state index contributed by atoms with van der Waals surface area (Å²) in [7, 11) is 0. The summed E-state index contributed by atoms with van der Waals surface area (Å²) in [4.78, 5) is 9.69. The molecular formula is C5H4F6O3. The Hall–Kier alpha value is -1.15. The minimum Gasteiger partial charge on any atom is -0.450 e. The second kappa shape index (κ2) is 3.21. The minimum atomic E-state index is -5.86. The van der Waals surface area contributed by atoms with E-state index in [1.807, 2.05) is 0 Å². The van der Waals surface area contributed by atoms with Gasteiger partial charge in [-0.05, 0) is 6.92 Å². The first-order chi connectivity index (χ1) is 5.92. The van der Waals surface area contributed by atoms with Crippen LogP contribution in [-0.2, 0) is 4.74 Å². The van der Waals surface area contributed by atoms with Gasteiger partial charge in [0.2, 0.25) is 0 Å². The van der Waals surface area contributed by atoms with E-state index in [2.05, 4.69) is 4.74 Å². The van der Waals surface area contributed by atoms with Crippen LogP contribution in [0, 0.1) is 0 Å². The Morgan fingerprint density at radius 3 is 1.43 bits per heavy atom. The number of hydrogen-bond donors (Lipinski definition) is 1. The fourth-order valence-electron chi connectivity index (χ4n) is 0.451. The molecule has 0 aliphatic heterocycles. The Morgan fingerprint density at radius 1 is 1.07 bits per heavy atom. The second-order valence-electron chi connectivity index (χ2n) is 2.40. The van der Waals surface area contributed by atoms with Crippen molar-refractivity contribution in [2.75, 3.05) is 0 Å². The Bertz CT molecular complexity index is 215. The Morgan fingerprint density at radius 2 is 1.36 bits per heavy atom. The highest BCUT2D eigenvalue weighted by molar-refractivity contribution is 5.57. The van der Waals surface area contributed by atoms with Crippen molar-refractivity contribution in [1.82, 2.24) is 0 Å². The molecule has 0 amide bonds. The summed E-state index contributed by atoms with van der Waals surface area (Å²) in [5.41, 5.74) is -4.70. The average molecular weight is 226 g/mol. The van der Waals surface area contributed by atoms with E-state index in [-0.39, 0.29) is 0 Å². The first-order valence-corrected chi connectivity index (χ1v) is 2.97. The standard InChI is InChI=1S/C5H4F6O3/c1-3(4(6,7)8,5(9,10)11)14-2(12)13/h1H3,(H,12,13). The number of alkyl halides is 6. The van der Waals surface area contributed by atoms with Gasteiger partial charge in [0.05, 0.1) is 0 Å². The van der Waals surface area contributed by atoms with Gasteiger partial charge in [0.1, 0.15) is 0 Å². The lowest BCUT2D eigenvalue weighted by Gasteiger charge is -2.31. The van der Waals surface area contributed by atoms with Gasteiger partial charge in [-0.3, -0.25) is 0 Å². The molecule has 0 bridgehead atoms. The van der Waals surface area contributed by atoms with E-state index in [0.717, 1.165) is 0 Å². The lowest BCUT2D eigenvalue weighted by molar-refractivity contribution is -0.360. The summed E-state index contributed by atoms with van der Waals surface area (Å²) < 4.78 is 73.9. The smallest absolute Gasteiger partial charge is 0.450 e. The van der Waals surface area contributed by atoms with Crippen LogP contribution >= 0.6 is 0 Å². The van der Waals surface area contributed by atoms with Gasteiger partial charge in [-0.15, -0.1) is 0 Å². The minimum absolute atomic E-state index is 0.402. The molecule has 0 radical (unpaired) electrons. The molecule has 1 N–H and O–H groups in total. The maximum Gasteiger partial charge on any atom is 0.506 e. The Labute approximate surface area is 73.3 Å². The third-order valence-electron chi connectivity index (χ3n) is 1.37. The van der Waals surface area contributed by atoms with Crippen LogP contribution in [0.2, 0.25) is 0 Å². The third-order valence-corrected chi connectivity index (χ3v) is 1.37. The van der Waals surface area contributed by atoms with Gasteiger partial charge >= 0.3 is 24.1 Å². The van der Waals surface area contributed by atoms with Gasteiger partial charge in [0.15, 0.2) is 0 Å². The van der Waals surface area contributed by atoms with Gasteiger partial charge in [-0.25, -0.2) is 4.79 Å². The monoisotopic (exact) mass is 226 g/mol. The van der Waals surface area contributed by atoms with E-state index < -0.39 is 31.0 Å². The van der Waals surface area contributed by atoms with Crippen LogP contribution in [0.4, 0.5) is 31.1 Å². The topological polar surface area (TPSA) is 46.5 Å². The maximum absolute atomic E-state index is 11.9. The summed E-state index contributed by atoms with van der Waals surface area (Å²) in [5.74, 6) is 0. The van der Waals surface area contributed by atoms with Crippen LogP contribution in [-0.4, -0.2) is 29.2 Å². The molecule has 0 aromatic rings.